The number of aliphatic hydroxyl groups excluding tert-OH is 1. The number of carbonyl (C=O) groups is 2. The van der Waals surface area contributed by atoms with E-state index >= 15 is 0 Å². The molecule has 37 heavy (non-hydrogen) atoms. The molecular formula is C29H37N3O5. The molecule has 8 nitrogen and oxygen atoms in total. The smallest absolute Gasteiger partial charge is 0.295 e. The number of aliphatic hydroxyl groups is 1. The topological polar surface area (TPSA) is 104 Å². The number of nitro benzene ring substituents is 1. The monoisotopic (exact) mass is 507 g/mol. The van der Waals surface area contributed by atoms with Gasteiger partial charge in [-0.05, 0) is 63.5 Å². The first-order valence-electron chi connectivity index (χ1n) is 13.1. The predicted molar refractivity (Wildman–Crippen MR) is 144 cm³/mol. The lowest BCUT2D eigenvalue weighted by molar-refractivity contribution is -0.384. The van der Waals surface area contributed by atoms with Gasteiger partial charge in [-0.1, -0.05) is 56.5 Å². The first-order chi connectivity index (χ1) is 17.8. The summed E-state index contributed by atoms with van der Waals surface area (Å²) in [6.07, 6.45) is 5.10. The van der Waals surface area contributed by atoms with Crippen LogP contribution in [0, 0.1) is 17.0 Å². The molecule has 0 radical (unpaired) electrons. The number of aryl methyl sites for hydroxylation is 1. The molecule has 0 bridgehead atoms. The number of hydrogen-bond donors (Lipinski definition) is 1. The first-order valence-corrected chi connectivity index (χ1v) is 13.1. The normalized spacial score (nSPS) is 17.1. The molecule has 0 aromatic heterocycles. The summed E-state index contributed by atoms with van der Waals surface area (Å²) in [6, 6.07) is 12.1. The van der Waals surface area contributed by atoms with E-state index in [1.54, 1.807) is 24.3 Å². The van der Waals surface area contributed by atoms with Gasteiger partial charge in [0.15, 0.2) is 0 Å². The molecule has 1 fully saturated rings. The second kappa shape index (κ2) is 13.1. The Morgan fingerprint density at radius 2 is 1.51 bits per heavy atom. The number of nitro groups is 1. The summed E-state index contributed by atoms with van der Waals surface area (Å²) < 4.78 is 0. The van der Waals surface area contributed by atoms with Gasteiger partial charge >= 0.3 is 0 Å². The summed E-state index contributed by atoms with van der Waals surface area (Å²) in [5.74, 6) is -1.64. The highest BCUT2D eigenvalue weighted by Gasteiger charge is 2.45. The largest absolute Gasteiger partial charge is 0.507 e. The van der Waals surface area contributed by atoms with Crippen LogP contribution >= 0.6 is 0 Å². The number of non-ortho nitro benzene ring substituents is 1. The minimum absolute atomic E-state index is 0.0107. The maximum Gasteiger partial charge on any atom is 0.295 e. The molecule has 1 saturated heterocycles. The Hall–Kier alpha value is -3.52. The number of likely N-dealkylation sites (tertiary alicyclic amines) is 1. The molecule has 0 aliphatic carbocycles. The second-order valence-corrected chi connectivity index (χ2v) is 9.61. The van der Waals surface area contributed by atoms with Gasteiger partial charge in [0.2, 0.25) is 0 Å². The van der Waals surface area contributed by atoms with Crippen molar-refractivity contribution in [2.24, 2.45) is 0 Å². The third-order valence-electron chi connectivity index (χ3n) is 6.81. The highest BCUT2D eigenvalue weighted by Crippen LogP contribution is 2.40. The third kappa shape index (κ3) is 6.83. The van der Waals surface area contributed by atoms with Crippen LogP contribution in [0.25, 0.3) is 5.76 Å². The number of ketones is 1. The van der Waals surface area contributed by atoms with E-state index in [2.05, 4.69) is 18.7 Å². The Labute approximate surface area is 218 Å². The van der Waals surface area contributed by atoms with Crippen molar-refractivity contribution in [2.45, 2.75) is 58.9 Å². The zero-order valence-corrected chi connectivity index (χ0v) is 22.0. The number of amides is 1. The van der Waals surface area contributed by atoms with Crippen LogP contribution in [0.1, 0.15) is 68.7 Å². The van der Waals surface area contributed by atoms with Gasteiger partial charge in [-0.25, -0.2) is 0 Å². The molecule has 3 rings (SSSR count). The predicted octanol–water partition coefficient (Wildman–Crippen LogP) is 5.62. The number of rotatable bonds is 13. The van der Waals surface area contributed by atoms with E-state index in [4.69, 9.17) is 0 Å². The maximum absolute atomic E-state index is 13.2. The minimum Gasteiger partial charge on any atom is -0.507 e. The molecule has 1 N–H and O–H groups in total. The summed E-state index contributed by atoms with van der Waals surface area (Å²) in [4.78, 5) is 41.0. The summed E-state index contributed by atoms with van der Waals surface area (Å²) in [5.41, 5.74) is 1.92. The van der Waals surface area contributed by atoms with Gasteiger partial charge in [-0.15, -0.1) is 0 Å². The van der Waals surface area contributed by atoms with Crippen molar-refractivity contribution in [3.05, 3.63) is 80.9 Å². The third-order valence-corrected chi connectivity index (χ3v) is 6.81. The van der Waals surface area contributed by atoms with Crippen molar-refractivity contribution in [3.8, 4) is 0 Å². The molecule has 1 heterocycles. The Morgan fingerprint density at radius 1 is 0.946 bits per heavy atom. The Bertz CT molecular complexity index is 1120. The van der Waals surface area contributed by atoms with Gasteiger partial charge in [0, 0.05) is 24.2 Å². The van der Waals surface area contributed by atoms with E-state index < -0.39 is 22.7 Å². The van der Waals surface area contributed by atoms with E-state index in [9.17, 15) is 24.8 Å². The van der Waals surface area contributed by atoms with Crippen LogP contribution in [0.4, 0.5) is 5.69 Å². The van der Waals surface area contributed by atoms with Crippen molar-refractivity contribution in [2.75, 3.05) is 26.2 Å². The lowest BCUT2D eigenvalue weighted by Gasteiger charge is -2.27. The average Bonchev–Trinajstić information content (AvgIpc) is 3.15. The van der Waals surface area contributed by atoms with Gasteiger partial charge in [0.05, 0.1) is 16.5 Å². The highest BCUT2D eigenvalue weighted by atomic mass is 16.6. The van der Waals surface area contributed by atoms with Crippen LogP contribution in [-0.2, 0) is 9.59 Å². The standard InChI is InChI=1S/C29H37N3O5/c1-4-6-17-30(18-7-5-2)19-8-20-31-26(22-13-15-24(16-14-22)32(36)37)25(28(34)29(31)35)27(33)23-11-9-21(3)10-12-23/h9-16,26,33H,4-8,17-20H2,1-3H3/b27-25-. The number of unbranched alkanes of at least 4 members (excludes halogenated alkanes) is 2. The number of Topliss-reactive ketones (excluding diaryl/α,β-unsaturated/α-hetero) is 1. The summed E-state index contributed by atoms with van der Waals surface area (Å²) in [7, 11) is 0. The molecule has 8 heteroatoms. The molecule has 2 aromatic carbocycles. The average molecular weight is 508 g/mol. The van der Waals surface area contributed by atoms with Gasteiger partial charge in [0.25, 0.3) is 17.4 Å². The molecule has 1 aliphatic heterocycles. The van der Waals surface area contributed by atoms with E-state index in [-0.39, 0.29) is 17.0 Å². The summed E-state index contributed by atoms with van der Waals surface area (Å²) in [6.45, 7) is 9.37. The molecule has 1 amide bonds. The van der Waals surface area contributed by atoms with E-state index in [1.807, 2.05) is 19.1 Å². The second-order valence-electron chi connectivity index (χ2n) is 9.61. The fraction of sp³-hybridized carbons (Fsp3) is 0.448. The Morgan fingerprint density at radius 3 is 2.05 bits per heavy atom. The number of benzene rings is 2. The molecule has 0 saturated carbocycles. The molecule has 198 valence electrons. The number of nitrogens with zero attached hydrogens (tertiary/aromatic N) is 3. The van der Waals surface area contributed by atoms with Crippen molar-refractivity contribution in [3.63, 3.8) is 0 Å². The molecule has 0 spiro atoms. The molecule has 2 aromatic rings. The van der Waals surface area contributed by atoms with Crippen molar-refractivity contribution in [1.82, 2.24) is 9.80 Å². The Kier molecular flexibility index (Phi) is 9.97. The fourth-order valence-electron chi connectivity index (χ4n) is 4.67. The first kappa shape index (κ1) is 28.1. The number of hydrogen-bond acceptors (Lipinski definition) is 6. The quantitative estimate of drug-likeness (QED) is 0.124. The van der Waals surface area contributed by atoms with Crippen molar-refractivity contribution < 1.29 is 19.6 Å². The molecule has 1 atom stereocenters. The zero-order valence-electron chi connectivity index (χ0n) is 22.0. The van der Waals surface area contributed by atoms with Crippen LogP contribution in [0.3, 0.4) is 0 Å². The number of carbonyl (C=O) groups excluding carboxylic acids is 2. The minimum atomic E-state index is -0.818. The zero-order chi connectivity index (χ0) is 26.9. The van der Waals surface area contributed by atoms with Crippen LogP contribution < -0.4 is 0 Å². The summed E-state index contributed by atoms with van der Waals surface area (Å²) in [5, 5.41) is 22.3. The summed E-state index contributed by atoms with van der Waals surface area (Å²) >= 11 is 0. The van der Waals surface area contributed by atoms with Crippen molar-refractivity contribution in [1.29, 1.82) is 0 Å². The molecule has 1 aliphatic rings. The van der Waals surface area contributed by atoms with Crippen LogP contribution in [-0.4, -0.2) is 57.7 Å². The van der Waals surface area contributed by atoms with E-state index in [0.717, 1.165) is 50.9 Å². The lowest BCUT2D eigenvalue weighted by Crippen LogP contribution is -2.34. The van der Waals surface area contributed by atoms with E-state index in [0.29, 0.717) is 24.1 Å². The lowest BCUT2D eigenvalue weighted by atomic mass is 9.95. The van der Waals surface area contributed by atoms with Gasteiger partial charge in [0.1, 0.15) is 5.76 Å². The SMILES string of the molecule is CCCCN(CCCC)CCCN1C(=O)C(=O)/C(=C(\O)c2ccc(C)cc2)C1c1ccc([N+](=O)[O-])cc1. The van der Waals surface area contributed by atoms with Crippen LogP contribution in [0.2, 0.25) is 0 Å². The van der Waals surface area contributed by atoms with Gasteiger partial charge in [-0.2, -0.15) is 0 Å². The maximum atomic E-state index is 13.2. The van der Waals surface area contributed by atoms with E-state index in [1.165, 1.54) is 17.0 Å². The Balaban J connectivity index is 1.94. The fourth-order valence-corrected chi connectivity index (χ4v) is 4.67. The van der Waals surface area contributed by atoms with Gasteiger partial charge in [-0.3, -0.25) is 19.7 Å². The van der Waals surface area contributed by atoms with Crippen LogP contribution in [0.5, 0.6) is 0 Å². The van der Waals surface area contributed by atoms with Crippen LogP contribution in [0.15, 0.2) is 54.1 Å². The highest BCUT2D eigenvalue weighted by molar-refractivity contribution is 6.46. The van der Waals surface area contributed by atoms with Gasteiger partial charge < -0.3 is 14.9 Å². The molecule has 1 unspecified atom stereocenters. The molecular weight excluding hydrogens is 470 g/mol. The van der Waals surface area contributed by atoms with Crippen molar-refractivity contribution >= 4 is 23.1 Å².